The number of benzene rings is 1. The highest BCUT2D eigenvalue weighted by Gasteiger charge is 1.98. The van der Waals surface area contributed by atoms with Gasteiger partial charge in [-0.3, -0.25) is 10.4 Å². The van der Waals surface area contributed by atoms with Crippen LogP contribution in [0, 0.1) is 0 Å². The third-order valence-electron chi connectivity index (χ3n) is 2.52. The number of nitrogens with two attached hydrogens (primary N) is 1. The number of hydrogen-bond donors (Lipinski definition) is 3. The van der Waals surface area contributed by atoms with E-state index >= 15 is 0 Å². The molecule has 1 rings (SSSR count). The zero-order valence-electron chi connectivity index (χ0n) is 10.7. The summed E-state index contributed by atoms with van der Waals surface area (Å²) in [7, 11) is 0. The van der Waals surface area contributed by atoms with Gasteiger partial charge in [0.25, 0.3) is 0 Å². The van der Waals surface area contributed by atoms with Gasteiger partial charge in [0.1, 0.15) is 0 Å². The van der Waals surface area contributed by atoms with E-state index in [1.54, 1.807) is 0 Å². The standard InChI is InChI=1S/C13H22N4/c1-3-5-9-15-13(17-14)16-12-8-6-7-11(4-2)10-12/h6-8,10H,3-5,9,14H2,1-2H3,(H2,15,16,17). The number of hydrazine groups is 1. The Morgan fingerprint density at radius 2 is 2.18 bits per heavy atom. The number of nitrogens with one attached hydrogen (secondary N) is 2. The van der Waals surface area contributed by atoms with E-state index in [0.717, 1.165) is 31.5 Å². The van der Waals surface area contributed by atoms with Crippen LogP contribution in [-0.2, 0) is 6.42 Å². The molecule has 1 aromatic rings. The minimum absolute atomic E-state index is 0.617. The lowest BCUT2D eigenvalue weighted by molar-refractivity contribution is 0.801. The van der Waals surface area contributed by atoms with Gasteiger partial charge in [-0.25, -0.2) is 5.84 Å². The zero-order valence-corrected chi connectivity index (χ0v) is 10.7. The van der Waals surface area contributed by atoms with Gasteiger partial charge >= 0.3 is 0 Å². The Balaban J connectivity index is 2.63. The van der Waals surface area contributed by atoms with Crippen LogP contribution < -0.4 is 16.6 Å². The first-order valence-electron chi connectivity index (χ1n) is 6.17. The molecule has 0 fully saturated rings. The minimum atomic E-state index is 0.617. The van der Waals surface area contributed by atoms with Crippen molar-refractivity contribution in [2.45, 2.75) is 33.1 Å². The Morgan fingerprint density at radius 1 is 1.35 bits per heavy atom. The van der Waals surface area contributed by atoms with E-state index in [-0.39, 0.29) is 0 Å². The summed E-state index contributed by atoms with van der Waals surface area (Å²) in [6.45, 7) is 5.07. The van der Waals surface area contributed by atoms with E-state index in [4.69, 9.17) is 5.84 Å². The third kappa shape index (κ3) is 4.87. The average molecular weight is 234 g/mol. The maximum atomic E-state index is 5.43. The normalized spacial score (nSPS) is 11.4. The van der Waals surface area contributed by atoms with Crippen molar-refractivity contribution >= 4 is 11.6 Å². The van der Waals surface area contributed by atoms with Crippen LogP contribution in [0.5, 0.6) is 0 Å². The third-order valence-corrected chi connectivity index (χ3v) is 2.52. The van der Waals surface area contributed by atoms with Crippen LogP contribution in [0.4, 0.5) is 5.69 Å². The lowest BCUT2D eigenvalue weighted by atomic mass is 10.1. The number of guanidine groups is 1. The monoisotopic (exact) mass is 234 g/mol. The molecule has 0 aliphatic carbocycles. The molecule has 94 valence electrons. The number of aryl methyl sites for hydroxylation is 1. The van der Waals surface area contributed by atoms with Gasteiger partial charge in [0, 0.05) is 12.2 Å². The first kappa shape index (κ1) is 13.5. The van der Waals surface area contributed by atoms with Crippen molar-refractivity contribution in [2.24, 2.45) is 10.8 Å². The largest absolute Gasteiger partial charge is 0.325 e. The van der Waals surface area contributed by atoms with Crippen LogP contribution in [0.25, 0.3) is 0 Å². The van der Waals surface area contributed by atoms with Crippen molar-refractivity contribution in [1.29, 1.82) is 0 Å². The van der Waals surface area contributed by atoms with Crippen LogP contribution in [0.1, 0.15) is 32.3 Å². The lowest BCUT2D eigenvalue weighted by Crippen LogP contribution is -2.36. The molecule has 0 aromatic heterocycles. The first-order valence-corrected chi connectivity index (χ1v) is 6.17. The highest BCUT2D eigenvalue weighted by molar-refractivity contribution is 5.93. The highest BCUT2D eigenvalue weighted by Crippen LogP contribution is 2.10. The Morgan fingerprint density at radius 3 is 2.82 bits per heavy atom. The molecule has 0 amide bonds. The molecular formula is C13H22N4. The second-order valence-corrected chi connectivity index (χ2v) is 3.91. The summed E-state index contributed by atoms with van der Waals surface area (Å²) in [5.74, 6) is 6.05. The summed E-state index contributed by atoms with van der Waals surface area (Å²) >= 11 is 0. The maximum absolute atomic E-state index is 5.43. The summed E-state index contributed by atoms with van der Waals surface area (Å²) in [6.07, 6.45) is 3.22. The Hall–Kier alpha value is -1.55. The molecule has 0 bridgehead atoms. The second kappa shape index (κ2) is 7.68. The van der Waals surface area contributed by atoms with E-state index in [9.17, 15) is 0 Å². The minimum Gasteiger partial charge on any atom is -0.325 e. The van der Waals surface area contributed by atoms with Crippen molar-refractivity contribution in [3.8, 4) is 0 Å². The molecule has 0 unspecified atom stereocenters. The summed E-state index contributed by atoms with van der Waals surface area (Å²) in [4.78, 5) is 4.35. The number of unbranched alkanes of at least 4 members (excludes halogenated alkanes) is 1. The number of hydrogen-bond acceptors (Lipinski definition) is 2. The average Bonchev–Trinajstić information content (AvgIpc) is 2.38. The van der Waals surface area contributed by atoms with Crippen molar-refractivity contribution in [2.75, 3.05) is 11.9 Å². The highest BCUT2D eigenvalue weighted by atomic mass is 15.3. The molecule has 0 heterocycles. The zero-order chi connectivity index (χ0) is 12.5. The van der Waals surface area contributed by atoms with Gasteiger partial charge in [-0.2, -0.15) is 0 Å². The molecule has 4 nitrogen and oxygen atoms in total. The molecular weight excluding hydrogens is 212 g/mol. The molecule has 0 spiro atoms. The molecule has 17 heavy (non-hydrogen) atoms. The fourth-order valence-corrected chi connectivity index (χ4v) is 1.48. The van der Waals surface area contributed by atoms with Crippen molar-refractivity contribution < 1.29 is 0 Å². The van der Waals surface area contributed by atoms with E-state index in [1.807, 2.05) is 12.1 Å². The predicted molar refractivity (Wildman–Crippen MR) is 74.0 cm³/mol. The molecule has 0 atom stereocenters. The Bertz CT molecular complexity index is 360. The molecule has 4 N–H and O–H groups in total. The van der Waals surface area contributed by atoms with Gasteiger partial charge in [-0.1, -0.05) is 32.4 Å². The van der Waals surface area contributed by atoms with Gasteiger partial charge < -0.3 is 5.32 Å². The van der Waals surface area contributed by atoms with Crippen molar-refractivity contribution in [3.05, 3.63) is 29.8 Å². The fraction of sp³-hybridized carbons (Fsp3) is 0.462. The molecule has 0 aliphatic heterocycles. The van der Waals surface area contributed by atoms with Gasteiger partial charge in [-0.05, 0) is 30.5 Å². The summed E-state index contributed by atoms with van der Waals surface area (Å²) in [5.41, 5.74) is 4.89. The van der Waals surface area contributed by atoms with Crippen LogP contribution in [0.15, 0.2) is 29.3 Å². The first-order chi connectivity index (χ1) is 8.30. The molecule has 1 aromatic carbocycles. The Labute approximate surface area is 103 Å². The van der Waals surface area contributed by atoms with Crippen LogP contribution in [0.3, 0.4) is 0 Å². The lowest BCUT2D eigenvalue weighted by Gasteiger charge is -2.10. The summed E-state index contributed by atoms with van der Waals surface area (Å²) in [6, 6.07) is 8.24. The Kier molecular flexibility index (Phi) is 6.10. The SMILES string of the molecule is CCCCN=C(NN)Nc1cccc(CC)c1. The van der Waals surface area contributed by atoms with E-state index in [1.165, 1.54) is 5.56 Å². The van der Waals surface area contributed by atoms with Gasteiger partial charge in [0.2, 0.25) is 5.96 Å². The van der Waals surface area contributed by atoms with Crippen LogP contribution in [-0.4, -0.2) is 12.5 Å². The number of anilines is 1. The fourth-order valence-electron chi connectivity index (χ4n) is 1.48. The summed E-state index contributed by atoms with van der Waals surface area (Å²) < 4.78 is 0. The quantitative estimate of drug-likeness (QED) is 0.241. The van der Waals surface area contributed by atoms with Gasteiger partial charge in [0.15, 0.2) is 0 Å². The van der Waals surface area contributed by atoms with Crippen LogP contribution >= 0.6 is 0 Å². The maximum Gasteiger partial charge on any atom is 0.210 e. The number of aliphatic imine (C=N–C) groups is 1. The van der Waals surface area contributed by atoms with Crippen molar-refractivity contribution in [1.82, 2.24) is 5.43 Å². The van der Waals surface area contributed by atoms with E-state index in [0.29, 0.717) is 5.96 Å². The van der Waals surface area contributed by atoms with Gasteiger partial charge in [-0.15, -0.1) is 0 Å². The molecule has 0 saturated carbocycles. The van der Waals surface area contributed by atoms with E-state index in [2.05, 4.69) is 41.7 Å². The predicted octanol–water partition coefficient (Wildman–Crippen LogP) is 2.28. The van der Waals surface area contributed by atoms with Crippen molar-refractivity contribution in [3.63, 3.8) is 0 Å². The van der Waals surface area contributed by atoms with Crippen LogP contribution in [0.2, 0.25) is 0 Å². The smallest absolute Gasteiger partial charge is 0.210 e. The van der Waals surface area contributed by atoms with Gasteiger partial charge in [0.05, 0.1) is 0 Å². The number of nitrogens with zero attached hydrogens (tertiary/aromatic N) is 1. The molecule has 0 radical (unpaired) electrons. The molecule has 0 saturated heterocycles. The van der Waals surface area contributed by atoms with E-state index < -0.39 is 0 Å². The summed E-state index contributed by atoms with van der Waals surface area (Å²) in [5, 5.41) is 3.18. The topological polar surface area (TPSA) is 62.4 Å². The molecule has 4 heteroatoms. The second-order valence-electron chi connectivity index (χ2n) is 3.91. The number of rotatable bonds is 5. The molecule has 0 aliphatic rings.